The molecule has 8 nitrogen and oxygen atoms in total. The van der Waals surface area contributed by atoms with Crippen LogP contribution in [0.4, 0.5) is 21.6 Å². The van der Waals surface area contributed by atoms with Crippen LogP contribution in [0.5, 0.6) is 5.75 Å². The van der Waals surface area contributed by atoms with Crippen LogP contribution >= 0.6 is 0 Å². The first-order valence-electron chi connectivity index (χ1n) is 12.1. The Morgan fingerprint density at radius 3 is 2.86 bits per heavy atom. The second kappa shape index (κ2) is 10.7. The SMILES string of the molecule is C=CC(=O)Nc1cc2c(Nc3ccnc(-c4ccccc4F)c3)ncnc2cc1O[C@@H]1CCN(CC)C1. The van der Waals surface area contributed by atoms with Crippen molar-refractivity contribution in [3.63, 3.8) is 0 Å². The highest BCUT2D eigenvalue weighted by Crippen LogP contribution is 2.35. The number of carbonyl (C=O) groups excluding carboxylic acids is 1. The predicted molar refractivity (Wildman–Crippen MR) is 142 cm³/mol. The van der Waals surface area contributed by atoms with Crippen LogP contribution in [-0.2, 0) is 4.79 Å². The number of pyridine rings is 1. The third-order valence-electron chi connectivity index (χ3n) is 6.32. The number of nitrogens with one attached hydrogen (secondary N) is 2. The Bertz CT molecular complexity index is 1460. The van der Waals surface area contributed by atoms with E-state index in [4.69, 9.17) is 4.74 Å². The third kappa shape index (κ3) is 5.41. The largest absolute Gasteiger partial charge is 0.487 e. The number of likely N-dealkylation sites (N-methyl/N-ethyl adjacent to an activating group) is 1. The molecule has 0 spiro atoms. The molecule has 0 saturated carbocycles. The van der Waals surface area contributed by atoms with Crippen LogP contribution in [0.1, 0.15) is 13.3 Å². The van der Waals surface area contributed by atoms with Crippen LogP contribution in [0.3, 0.4) is 0 Å². The number of carbonyl (C=O) groups is 1. The van der Waals surface area contributed by atoms with Crippen LogP contribution < -0.4 is 15.4 Å². The van der Waals surface area contributed by atoms with E-state index in [1.807, 2.05) is 6.07 Å². The molecule has 1 atom stereocenters. The molecule has 2 aromatic carbocycles. The molecule has 1 saturated heterocycles. The number of amides is 1. The van der Waals surface area contributed by atoms with Crippen molar-refractivity contribution in [2.45, 2.75) is 19.4 Å². The molecular weight excluding hydrogens is 471 g/mol. The van der Waals surface area contributed by atoms with Crippen molar-refractivity contribution in [3.05, 3.63) is 79.5 Å². The number of rotatable bonds is 8. The van der Waals surface area contributed by atoms with Gasteiger partial charge in [-0.2, -0.15) is 0 Å². The first kappa shape index (κ1) is 24.3. The summed E-state index contributed by atoms with van der Waals surface area (Å²) in [5.41, 5.74) is 2.73. The van der Waals surface area contributed by atoms with Gasteiger partial charge in [0.15, 0.2) is 0 Å². The van der Waals surface area contributed by atoms with Gasteiger partial charge in [0.05, 0.1) is 16.9 Å². The highest BCUT2D eigenvalue weighted by Gasteiger charge is 2.24. The maximum atomic E-state index is 14.3. The summed E-state index contributed by atoms with van der Waals surface area (Å²) in [6, 6.07) is 13.6. The van der Waals surface area contributed by atoms with Crippen LogP contribution in [-0.4, -0.2) is 51.5 Å². The lowest BCUT2D eigenvalue weighted by Crippen LogP contribution is -2.25. The number of hydrogen-bond donors (Lipinski definition) is 2. The number of hydrogen-bond acceptors (Lipinski definition) is 7. The molecule has 1 aliphatic heterocycles. The minimum atomic E-state index is -0.348. The van der Waals surface area contributed by atoms with Crippen molar-refractivity contribution in [2.75, 3.05) is 30.3 Å². The maximum absolute atomic E-state index is 14.3. The van der Waals surface area contributed by atoms with Crippen molar-refractivity contribution in [3.8, 4) is 17.0 Å². The zero-order valence-electron chi connectivity index (χ0n) is 20.4. The Balaban J connectivity index is 1.49. The smallest absolute Gasteiger partial charge is 0.247 e. The molecule has 0 aliphatic carbocycles. The predicted octanol–water partition coefficient (Wildman–Crippen LogP) is 5.17. The first-order chi connectivity index (χ1) is 18.0. The molecular formula is C28H27FN6O2. The Kier molecular flexibility index (Phi) is 7.04. The van der Waals surface area contributed by atoms with E-state index >= 15 is 0 Å². The zero-order valence-corrected chi connectivity index (χ0v) is 20.4. The topological polar surface area (TPSA) is 92.3 Å². The van der Waals surface area contributed by atoms with E-state index in [1.54, 1.807) is 42.6 Å². The average molecular weight is 499 g/mol. The normalized spacial score (nSPS) is 15.5. The monoisotopic (exact) mass is 498 g/mol. The molecule has 0 bridgehead atoms. The molecule has 37 heavy (non-hydrogen) atoms. The molecule has 1 aliphatic rings. The summed E-state index contributed by atoms with van der Waals surface area (Å²) in [5, 5.41) is 6.81. The molecule has 1 amide bonds. The van der Waals surface area contributed by atoms with Gasteiger partial charge in [-0.25, -0.2) is 14.4 Å². The minimum Gasteiger partial charge on any atom is -0.487 e. The number of halogens is 1. The lowest BCUT2D eigenvalue weighted by molar-refractivity contribution is -0.111. The summed E-state index contributed by atoms with van der Waals surface area (Å²) >= 11 is 0. The fourth-order valence-electron chi connectivity index (χ4n) is 4.38. The van der Waals surface area contributed by atoms with Crippen molar-refractivity contribution in [1.29, 1.82) is 0 Å². The van der Waals surface area contributed by atoms with E-state index in [0.29, 0.717) is 45.1 Å². The van der Waals surface area contributed by atoms with Crippen LogP contribution in [0.25, 0.3) is 22.2 Å². The molecule has 188 valence electrons. The number of likely N-dealkylation sites (tertiary alicyclic amines) is 1. The Labute approximate surface area is 214 Å². The van der Waals surface area contributed by atoms with Crippen molar-refractivity contribution in [1.82, 2.24) is 19.9 Å². The van der Waals surface area contributed by atoms with Crippen molar-refractivity contribution >= 4 is 34.0 Å². The van der Waals surface area contributed by atoms with Crippen LogP contribution in [0.2, 0.25) is 0 Å². The lowest BCUT2D eigenvalue weighted by Gasteiger charge is -2.19. The summed E-state index contributed by atoms with van der Waals surface area (Å²) in [5.74, 6) is 0.371. The first-order valence-corrected chi connectivity index (χ1v) is 12.1. The highest BCUT2D eigenvalue weighted by molar-refractivity contribution is 6.03. The van der Waals surface area contributed by atoms with Gasteiger partial charge in [0.2, 0.25) is 5.91 Å². The molecule has 9 heteroatoms. The second-order valence-electron chi connectivity index (χ2n) is 8.74. The van der Waals surface area contributed by atoms with E-state index in [0.717, 1.165) is 26.1 Å². The molecule has 2 N–H and O–H groups in total. The summed E-state index contributed by atoms with van der Waals surface area (Å²) in [6.07, 6.45) is 5.21. The van der Waals surface area contributed by atoms with Crippen molar-refractivity contribution < 1.29 is 13.9 Å². The average Bonchev–Trinajstić information content (AvgIpc) is 3.37. The summed E-state index contributed by atoms with van der Waals surface area (Å²) in [4.78, 5) is 27.7. The van der Waals surface area contributed by atoms with Gasteiger partial charge in [-0.3, -0.25) is 14.7 Å². The van der Waals surface area contributed by atoms with Gasteiger partial charge in [0.1, 0.15) is 29.8 Å². The number of anilines is 3. The van der Waals surface area contributed by atoms with Crippen LogP contribution in [0.15, 0.2) is 73.7 Å². The van der Waals surface area contributed by atoms with E-state index in [-0.39, 0.29) is 17.8 Å². The minimum absolute atomic E-state index is 0.0184. The van der Waals surface area contributed by atoms with Crippen LogP contribution in [0, 0.1) is 5.82 Å². The van der Waals surface area contributed by atoms with Gasteiger partial charge in [-0.1, -0.05) is 25.6 Å². The quantitative estimate of drug-likeness (QED) is 0.324. The molecule has 5 rings (SSSR count). The van der Waals surface area contributed by atoms with Gasteiger partial charge in [0.25, 0.3) is 0 Å². The number of nitrogens with zero attached hydrogens (tertiary/aromatic N) is 4. The lowest BCUT2D eigenvalue weighted by atomic mass is 10.1. The summed E-state index contributed by atoms with van der Waals surface area (Å²) in [6.45, 7) is 8.45. The number of benzene rings is 2. The van der Waals surface area contributed by atoms with Gasteiger partial charge >= 0.3 is 0 Å². The van der Waals surface area contributed by atoms with Gasteiger partial charge < -0.3 is 15.4 Å². The van der Waals surface area contributed by atoms with E-state index < -0.39 is 0 Å². The highest BCUT2D eigenvalue weighted by atomic mass is 19.1. The Morgan fingerprint density at radius 2 is 2.08 bits per heavy atom. The van der Waals surface area contributed by atoms with E-state index in [9.17, 15) is 9.18 Å². The third-order valence-corrected chi connectivity index (χ3v) is 6.32. The summed E-state index contributed by atoms with van der Waals surface area (Å²) in [7, 11) is 0. The molecule has 1 fully saturated rings. The van der Waals surface area contributed by atoms with E-state index in [1.165, 1.54) is 18.5 Å². The number of fused-ring (bicyclic) bond motifs is 1. The molecule has 3 heterocycles. The Morgan fingerprint density at radius 1 is 1.22 bits per heavy atom. The molecule has 0 radical (unpaired) electrons. The van der Waals surface area contributed by atoms with E-state index in [2.05, 4.69) is 44.0 Å². The second-order valence-corrected chi connectivity index (χ2v) is 8.74. The van der Waals surface area contributed by atoms with Gasteiger partial charge in [0, 0.05) is 42.0 Å². The van der Waals surface area contributed by atoms with Gasteiger partial charge in [-0.05, 0) is 49.4 Å². The maximum Gasteiger partial charge on any atom is 0.247 e. The molecule has 4 aromatic rings. The fraction of sp³-hybridized carbons (Fsp3) is 0.214. The standard InChI is InChI=1S/C28H27FN6O2/c1-3-27(36)34-25-14-21-24(15-26(25)37-19-10-12-35(4-2)16-19)31-17-32-28(21)33-18-9-11-30-23(13-18)20-7-5-6-8-22(20)29/h3,5-9,11,13-15,17,19H,1,4,10,12,16H2,2H3,(H,34,36)(H,30,31,32,33)/t19-/m1/s1. The number of aromatic nitrogens is 3. The fourth-order valence-corrected chi connectivity index (χ4v) is 4.38. The number of ether oxygens (including phenoxy) is 1. The molecule has 2 aromatic heterocycles. The van der Waals surface area contributed by atoms with Gasteiger partial charge in [-0.15, -0.1) is 0 Å². The Hall–Kier alpha value is -4.37. The van der Waals surface area contributed by atoms with Crippen molar-refractivity contribution in [2.24, 2.45) is 0 Å². The molecule has 0 unspecified atom stereocenters. The zero-order chi connectivity index (χ0) is 25.8. The summed E-state index contributed by atoms with van der Waals surface area (Å²) < 4.78 is 20.6.